The van der Waals surface area contributed by atoms with Crippen molar-refractivity contribution in [3.8, 4) is 0 Å². The first-order valence-corrected chi connectivity index (χ1v) is 7.08. The number of H-pyrrole nitrogens is 1. The van der Waals surface area contributed by atoms with Gasteiger partial charge in [0.15, 0.2) is 5.16 Å². The van der Waals surface area contributed by atoms with Crippen molar-refractivity contribution in [2.75, 3.05) is 5.43 Å². The second-order valence-electron chi connectivity index (χ2n) is 3.44. The maximum absolute atomic E-state index is 11.5. The second kappa shape index (κ2) is 5.98. The molecule has 18 heavy (non-hydrogen) atoms. The number of nitrogens with one attached hydrogen (secondary N) is 2. The summed E-state index contributed by atoms with van der Waals surface area (Å²) in [5.74, 6) is 5.90. The minimum absolute atomic E-state index is 0.187. The fourth-order valence-electron chi connectivity index (χ4n) is 1.38. The van der Waals surface area contributed by atoms with Crippen LogP contribution in [0.2, 0.25) is 0 Å². The lowest BCUT2D eigenvalue weighted by Gasteiger charge is -2.02. The van der Waals surface area contributed by atoms with E-state index in [4.69, 9.17) is 5.84 Å². The molecule has 0 aromatic carbocycles. The molecule has 2 heterocycles. The fourth-order valence-corrected chi connectivity index (χ4v) is 2.87. The van der Waals surface area contributed by atoms with E-state index in [2.05, 4.69) is 25.2 Å². The molecular weight excluding hydrogens is 274 g/mol. The van der Waals surface area contributed by atoms with E-state index in [9.17, 15) is 4.79 Å². The predicted octanol–water partition coefficient (Wildman–Crippen LogP) is 0.411. The average molecular weight is 287 g/mol. The molecule has 0 fully saturated rings. The maximum Gasteiger partial charge on any atom is 0.343 e. The fraction of sp³-hybridized carbons (Fsp3) is 0.500. The summed E-state index contributed by atoms with van der Waals surface area (Å²) in [5.41, 5.74) is 3.11. The lowest BCUT2D eigenvalue weighted by molar-refractivity contribution is 0.603. The van der Waals surface area contributed by atoms with Gasteiger partial charge in [0.25, 0.3) is 0 Å². The maximum atomic E-state index is 11.5. The van der Waals surface area contributed by atoms with Gasteiger partial charge in [-0.2, -0.15) is 0 Å². The Morgan fingerprint density at radius 3 is 3.17 bits per heavy atom. The van der Waals surface area contributed by atoms with E-state index >= 15 is 0 Å². The molecule has 2 aromatic heterocycles. The van der Waals surface area contributed by atoms with Crippen LogP contribution in [-0.2, 0) is 12.3 Å². The predicted molar refractivity (Wildman–Crippen MR) is 70.4 cm³/mol. The number of hydrazine groups is 1. The number of nitrogens with two attached hydrogens (primary N) is 1. The summed E-state index contributed by atoms with van der Waals surface area (Å²) in [5, 5.41) is 11.8. The highest BCUT2D eigenvalue weighted by molar-refractivity contribution is 7.98. The number of anilines is 1. The summed E-state index contributed by atoms with van der Waals surface area (Å²) in [6.07, 6.45) is 0.876. The topological polar surface area (TPSA) is 115 Å². The van der Waals surface area contributed by atoms with E-state index in [1.165, 1.54) is 23.3 Å². The van der Waals surface area contributed by atoms with Crippen LogP contribution in [0, 0.1) is 0 Å². The summed E-state index contributed by atoms with van der Waals surface area (Å²) in [4.78, 5) is 11.5. The molecule has 0 amide bonds. The van der Waals surface area contributed by atoms with Gasteiger partial charge in [0.1, 0.15) is 10.7 Å². The molecule has 0 saturated carbocycles. The summed E-state index contributed by atoms with van der Waals surface area (Å²) in [6.45, 7) is 2.66. The average Bonchev–Trinajstić information content (AvgIpc) is 2.96. The van der Waals surface area contributed by atoms with E-state index in [0.29, 0.717) is 17.5 Å². The summed E-state index contributed by atoms with van der Waals surface area (Å²) in [7, 11) is 0. The van der Waals surface area contributed by atoms with Crippen molar-refractivity contribution < 1.29 is 0 Å². The van der Waals surface area contributed by atoms with Crippen LogP contribution in [-0.4, -0.2) is 24.4 Å². The minimum atomic E-state index is -0.187. The molecule has 8 nitrogen and oxygen atoms in total. The van der Waals surface area contributed by atoms with Crippen LogP contribution >= 0.6 is 23.3 Å². The molecule has 98 valence electrons. The Balaban J connectivity index is 2.08. The van der Waals surface area contributed by atoms with Crippen LogP contribution in [0.25, 0.3) is 0 Å². The smallest absolute Gasteiger partial charge is 0.313 e. The van der Waals surface area contributed by atoms with Gasteiger partial charge in [-0.3, -0.25) is 4.57 Å². The molecular formula is C8H13N7OS2. The molecule has 0 radical (unpaired) electrons. The van der Waals surface area contributed by atoms with Crippen molar-refractivity contribution in [2.45, 2.75) is 30.8 Å². The summed E-state index contributed by atoms with van der Waals surface area (Å²) in [6, 6.07) is 0. The van der Waals surface area contributed by atoms with Gasteiger partial charge in [-0.25, -0.2) is 15.7 Å². The Labute approximate surface area is 111 Å². The first-order valence-electron chi connectivity index (χ1n) is 5.32. The van der Waals surface area contributed by atoms with Crippen molar-refractivity contribution in [3.63, 3.8) is 0 Å². The third-order valence-corrected chi connectivity index (χ3v) is 3.88. The summed E-state index contributed by atoms with van der Waals surface area (Å²) < 4.78 is 5.42. The van der Waals surface area contributed by atoms with Gasteiger partial charge in [-0.1, -0.05) is 23.2 Å². The molecule has 10 heteroatoms. The number of nitrogens with zero attached hydrogens (tertiary/aromatic N) is 4. The van der Waals surface area contributed by atoms with Crippen LogP contribution in [0.5, 0.6) is 0 Å². The molecule has 2 rings (SSSR count). The number of aromatic amines is 1. The van der Waals surface area contributed by atoms with Crippen LogP contribution in [0.15, 0.2) is 9.95 Å². The Morgan fingerprint density at radius 2 is 2.44 bits per heavy atom. The number of aromatic nitrogens is 5. The van der Waals surface area contributed by atoms with Crippen molar-refractivity contribution in [2.24, 2.45) is 5.84 Å². The normalized spacial score (nSPS) is 10.8. The lowest BCUT2D eigenvalue weighted by atomic mass is 10.5. The monoisotopic (exact) mass is 287 g/mol. The third-order valence-electron chi connectivity index (χ3n) is 2.20. The van der Waals surface area contributed by atoms with Gasteiger partial charge >= 0.3 is 5.69 Å². The van der Waals surface area contributed by atoms with Gasteiger partial charge in [-0.15, -0.1) is 10.2 Å². The Kier molecular flexibility index (Phi) is 4.33. The highest BCUT2D eigenvalue weighted by Crippen LogP contribution is 2.24. The zero-order chi connectivity index (χ0) is 13.0. The first-order chi connectivity index (χ1) is 8.76. The largest absolute Gasteiger partial charge is 0.343 e. The second-order valence-corrected chi connectivity index (χ2v) is 5.14. The van der Waals surface area contributed by atoms with E-state index in [0.717, 1.165) is 17.1 Å². The molecule has 0 aliphatic heterocycles. The first kappa shape index (κ1) is 13.1. The van der Waals surface area contributed by atoms with Crippen LogP contribution in [0.1, 0.15) is 19.0 Å². The Bertz CT molecular complexity index is 560. The molecule has 0 atom stereocenters. The molecule has 0 aliphatic carbocycles. The van der Waals surface area contributed by atoms with Crippen LogP contribution < -0.4 is 17.0 Å². The molecule has 0 spiro atoms. The van der Waals surface area contributed by atoms with Gasteiger partial charge in [0.05, 0.1) is 0 Å². The SMILES string of the molecule is CCCn1c(SCc2nnsc2NN)n[nH]c1=O. The molecule has 2 aromatic rings. The quantitative estimate of drug-likeness (QED) is 0.400. The van der Waals surface area contributed by atoms with E-state index < -0.39 is 0 Å². The molecule has 4 N–H and O–H groups in total. The third kappa shape index (κ3) is 2.71. The van der Waals surface area contributed by atoms with Crippen LogP contribution in [0.3, 0.4) is 0 Å². The molecule has 0 aliphatic rings. The van der Waals surface area contributed by atoms with Gasteiger partial charge < -0.3 is 5.43 Å². The lowest BCUT2D eigenvalue weighted by Crippen LogP contribution is -2.17. The van der Waals surface area contributed by atoms with Crippen molar-refractivity contribution in [1.29, 1.82) is 0 Å². The number of rotatable bonds is 6. The zero-order valence-electron chi connectivity index (χ0n) is 9.71. The molecule has 0 unspecified atom stereocenters. The van der Waals surface area contributed by atoms with E-state index in [-0.39, 0.29) is 5.69 Å². The molecule has 0 bridgehead atoms. The highest BCUT2D eigenvalue weighted by Gasteiger charge is 2.12. The van der Waals surface area contributed by atoms with Crippen molar-refractivity contribution >= 4 is 28.3 Å². The van der Waals surface area contributed by atoms with Gasteiger partial charge in [-0.05, 0) is 6.42 Å². The van der Waals surface area contributed by atoms with E-state index in [1.54, 1.807) is 4.57 Å². The number of hydrogen-bond donors (Lipinski definition) is 3. The van der Waals surface area contributed by atoms with E-state index in [1.807, 2.05) is 6.92 Å². The number of nitrogen functional groups attached to an aromatic ring is 1. The Hall–Kier alpha value is -1.39. The van der Waals surface area contributed by atoms with Crippen molar-refractivity contribution in [1.82, 2.24) is 24.4 Å². The van der Waals surface area contributed by atoms with Crippen molar-refractivity contribution in [3.05, 3.63) is 16.2 Å². The number of hydrogen-bond acceptors (Lipinski definition) is 8. The Morgan fingerprint density at radius 1 is 1.61 bits per heavy atom. The van der Waals surface area contributed by atoms with Crippen LogP contribution in [0.4, 0.5) is 5.00 Å². The number of thioether (sulfide) groups is 1. The summed E-state index contributed by atoms with van der Waals surface area (Å²) >= 11 is 2.62. The highest BCUT2D eigenvalue weighted by atomic mass is 32.2. The van der Waals surface area contributed by atoms with Gasteiger partial charge in [0, 0.05) is 23.8 Å². The van der Waals surface area contributed by atoms with Gasteiger partial charge in [0.2, 0.25) is 0 Å². The molecule has 0 saturated heterocycles. The standard InChI is InChI=1S/C8H13N7OS2/c1-2-3-15-7(16)12-13-8(15)17-4-5-6(10-9)18-14-11-5/h10H,2-4,9H2,1H3,(H,12,16). The minimum Gasteiger partial charge on any atom is -0.313 e. The zero-order valence-corrected chi connectivity index (χ0v) is 11.3.